The monoisotopic (exact) mass is 274 g/mol. The fraction of sp³-hybridized carbons (Fsp3) is 0.111. The standard InChI is InChI=1S/C18H14N2O/c1-12-7-3-4-8-13(12)17-14-9-5-6-10-15(14)18(21)20(2)16(17)11-19/h3-10H,1-2H3. The predicted octanol–water partition coefficient (Wildman–Crippen LogP) is 3.39. The average Bonchev–Trinajstić information content (AvgIpc) is 2.51. The van der Waals surface area contributed by atoms with Crippen LogP contribution in [0.15, 0.2) is 53.3 Å². The molecule has 0 atom stereocenters. The van der Waals surface area contributed by atoms with Crippen molar-refractivity contribution in [1.82, 2.24) is 4.57 Å². The maximum absolute atomic E-state index is 12.4. The highest BCUT2D eigenvalue weighted by Gasteiger charge is 2.16. The van der Waals surface area contributed by atoms with E-state index in [1.807, 2.05) is 49.4 Å². The van der Waals surface area contributed by atoms with Crippen LogP contribution < -0.4 is 5.56 Å². The number of hydrogen-bond donors (Lipinski definition) is 0. The third-order valence-corrected chi connectivity index (χ3v) is 3.82. The van der Waals surface area contributed by atoms with Gasteiger partial charge in [-0.25, -0.2) is 0 Å². The van der Waals surface area contributed by atoms with Gasteiger partial charge in [-0.2, -0.15) is 5.26 Å². The van der Waals surface area contributed by atoms with Crippen molar-refractivity contribution >= 4 is 10.8 Å². The Morgan fingerprint density at radius 3 is 2.29 bits per heavy atom. The smallest absolute Gasteiger partial charge is 0.259 e. The molecule has 0 aliphatic rings. The van der Waals surface area contributed by atoms with E-state index in [4.69, 9.17) is 0 Å². The summed E-state index contributed by atoms with van der Waals surface area (Å²) in [5.41, 5.74) is 3.15. The molecule has 21 heavy (non-hydrogen) atoms. The molecular formula is C18H14N2O. The van der Waals surface area contributed by atoms with E-state index in [1.54, 1.807) is 13.1 Å². The second-order valence-corrected chi connectivity index (χ2v) is 5.06. The zero-order valence-corrected chi connectivity index (χ0v) is 11.9. The molecule has 2 aromatic carbocycles. The number of fused-ring (bicyclic) bond motifs is 1. The van der Waals surface area contributed by atoms with Crippen LogP contribution in [0.1, 0.15) is 11.3 Å². The van der Waals surface area contributed by atoms with Gasteiger partial charge in [0.2, 0.25) is 0 Å². The van der Waals surface area contributed by atoms with E-state index in [0.29, 0.717) is 11.1 Å². The Kier molecular flexibility index (Phi) is 3.08. The molecule has 3 rings (SSSR count). The minimum atomic E-state index is -0.139. The number of nitriles is 1. The number of rotatable bonds is 1. The first kappa shape index (κ1) is 13.1. The molecule has 3 nitrogen and oxygen atoms in total. The van der Waals surface area contributed by atoms with Crippen LogP contribution in [0.2, 0.25) is 0 Å². The van der Waals surface area contributed by atoms with E-state index < -0.39 is 0 Å². The van der Waals surface area contributed by atoms with Gasteiger partial charge in [0.15, 0.2) is 0 Å². The Morgan fingerprint density at radius 2 is 1.62 bits per heavy atom. The fourth-order valence-electron chi connectivity index (χ4n) is 2.72. The van der Waals surface area contributed by atoms with Crippen LogP contribution in [-0.2, 0) is 7.05 Å². The minimum Gasteiger partial charge on any atom is -0.302 e. The Labute approximate surface area is 122 Å². The molecule has 3 heteroatoms. The number of hydrogen-bond acceptors (Lipinski definition) is 2. The summed E-state index contributed by atoms with van der Waals surface area (Å²) in [5, 5.41) is 11.0. The second kappa shape index (κ2) is 4.92. The maximum Gasteiger partial charge on any atom is 0.259 e. The molecule has 0 unspecified atom stereocenters. The lowest BCUT2D eigenvalue weighted by Crippen LogP contribution is -2.20. The average molecular weight is 274 g/mol. The van der Waals surface area contributed by atoms with Crippen molar-refractivity contribution in [3.05, 3.63) is 70.1 Å². The van der Waals surface area contributed by atoms with Crippen molar-refractivity contribution in [2.45, 2.75) is 6.92 Å². The predicted molar refractivity (Wildman–Crippen MR) is 84.1 cm³/mol. The molecule has 1 heterocycles. The van der Waals surface area contributed by atoms with Gasteiger partial charge in [-0.05, 0) is 29.5 Å². The van der Waals surface area contributed by atoms with Gasteiger partial charge in [-0.15, -0.1) is 0 Å². The van der Waals surface area contributed by atoms with Crippen LogP contribution in [0.3, 0.4) is 0 Å². The maximum atomic E-state index is 12.4. The van der Waals surface area contributed by atoms with Crippen molar-refractivity contribution < 1.29 is 0 Å². The van der Waals surface area contributed by atoms with E-state index in [1.165, 1.54) is 4.57 Å². The zero-order valence-electron chi connectivity index (χ0n) is 11.9. The summed E-state index contributed by atoms with van der Waals surface area (Å²) < 4.78 is 1.43. The summed E-state index contributed by atoms with van der Waals surface area (Å²) >= 11 is 0. The summed E-state index contributed by atoms with van der Waals surface area (Å²) in [7, 11) is 1.65. The van der Waals surface area contributed by atoms with Crippen molar-refractivity contribution in [3.8, 4) is 17.2 Å². The van der Waals surface area contributed by atoms with Gasteiger partial charge < -0.3 is 4.57 Å². The summed E-state index contributed by atoms with van der Waals surface area (Å²) in [6.45, 7) is 2.01. The summed E-state index contributed by atoms with van der Waals surface area (Å²) in [4.78, 5) is 12.4. The Balaban J connectivity index is 2.59. The molecule has 0 N–H and O–H groups in total. The van der Waals surface area contributed by atoms with Crippen molar-refractivity contribution in [2.75, 3.05) is 0 Å². The van der Waals surface area contributed by atoms with Gasteiger partial charge in [0.1, 0.15) is 11.8 Å². The van der Waals surface area contributed by atoms with Crippen LogP contribution in [0.25, 0.3) is 21.9 Å². The van der Waals surface area contributed by atoms with Gasteiger partial charge >= 0.3 is 0 Å². The Morgan fingerprint density at radius 1 is 1.00 bits per heavy atom. The quantitative estimate of drug-likeness (QED) is 0.683. The van der Waals surface area contributed by atoms with E-state index >= 15 is 0 Å². The first-order valence-electron chi connectivity index (χ1n) is 6.73. The van der Waals surface area contributed by atoms with E-state index in [9.17, 15) is 10.1 Å². The SMILES string of the molecule is Cc1ccccc1-c1c(C#N)n(C)c(=O)c2ccccc12. The number of benzene rings is 2. The van der Waals surface area contributed by atoms with Crippen LogP contribution in [0.5, 0.6) is 0 Å². The third kappa shape index (κ3) is 1.93. The number of aryl methyl sites for hydroxylation is 1. The molecule has 0 bridgehead atoms. The second-order valence-electron chi connectivity index (χ2n) is 5.06. The molecule has 0 aliphatic heterocycles. The zero-order chi connectivity index (χ0) is 15.0. The largest absolute Gasteiger partial charge is 0.302 e. The van der Waals surface area contributed by atoms with Crippen LogP contribution >= 0.6 is 0 Å². The van der Waals surface area contributed by atoms with Gasteiger partial charge in [0.05, 0.1) is 0 Å². The van der Waals surface area contributed by atoms with Crippen molar-refractivity contribution in [1.29, 1.82) is 5.26 Å². The van der Waals surface area contributed by atoms with Gasteiger partial charge in [0.25, 0.3) is 5.56 Å². The molecule has 1 aromatic heterocycles. The molecule has 102 valence electrons. The van der Waals surface area contributed by atoms with Gasteiger partial charge in [-0.3, -0.25) is 4.79 Å². The topological polar surface area (TPSA) is 45.8 Å². The van der Waals surface area contributed by atoms with E-state index in [2.05, 4.69) is 6.07 Å². The molecular weight excluding hydrogens is 260 g/mol. The number of pyridine rings is 1. The lowest BCUT2D eigenvalue weighted by molar-refractivity contribution is 0.856. The summed E-state index contributed by atoms with van der Waals surface area (Å²) in [5.74, 6) is 0. The highest BCUT2D eigenvalue weighted by molar-refractivity contribution is 5.98. The van der Waals surface area contributed by atoms with Crippen molar-refractivity contribution in [3.63, 3.8) is 0 Å². The van der Waals surface area contributed by atoms with Crippen LogP contribution in [-0.4, -0.2) is 4.57 Å². The van der Waals surface area contributed by atoms with E-state index in [-0.39, 0.29) is 5.56 Å². The molecule has 0 spiro atoms. The van der Waals surface area contributed by atoms with Gasteiger partial charge in [0, 0.05) is 18.0 Å². The molecule has 0 saturated heterocycles. The molecule has 0 radical (unpaired) electrons. The molecule has 0 amide bonds. The van der Waals surface area contributed by atoms with Crippen molar-refractivity contribution in [2.24, 2.45) is 7.05 Å². The van der Waals surface area contributed by atoms with Gasteiger partial charge in [-0.1, -0.05) is 42.5 Å². The van der Waals surface area contributed by atoms with E-state index in [0.717, 1.165) is 22.1 Å². The highest BCUT2D eigenvalue weighted by atomic mass is 16.1. The summed E-state index contributed by atoms with van der Waals surface area (Å²) in [6.07, 6.45) is 0. The van der Waals surface area contributed by atoms with Crippen LogP contribution in [0.4, 0.5) is 0 Å². The number of nitrogens with zero attached hydrogens (tertiary/aromatic N) is 2. The third-order valence-electron chi connectivity index (χ3n) is 3.82. The molecule has 0 saturated carbocycles. The molecule has 0 aliphatic carbocycles. The number of aromatic nitrogens is 1. The summed E-state index contributed by atoms with van der Waals surface area (Å²) in [6, 6.07) is 17.5. The molecule has 0 fully saturated rings. The lowest BCUT2D eigenvalue weighted by Gasteiger charge is -2.14. The highest BCUT2D eigenvalue weighted by Crippen LogP contribution is 2.32. The Hall–Kier alpha value is -2.86. The van der Waals surface area contributed by atoms with Crippen LogP contribution in [0, 0.1) is 18.3 Å². The first-order valence-corrected chi connectivity index (χ1v) is 6.73. The molecule has 3 aromatic rings. The Bertz CT molecular complexity index is 946. The normalized spacial score (nSPS) is 10.5. The fourth-order valence-corrected chi connectivity index (χ4v) is 2.72. The first-order chi connectivity index (χ1) is 10.1. The minimum absolute atomic E-state index is 0.139. The lowest BCUT2D eigenvalue weighted by atomic mass is 9.94.